The summed E-state index contributed by atoms with van der Waals surface area (Å²) in [6.45, 7) is 2.72. The maximum absolute atomic E-state index is 9.58. The maximum atomic E-state index is 9.58. The van der Waals surface area contributed by atoms with Gasteiger partial charge in [0.25, 0.3) is 0 Å². The van der Waals surface area contributed by atoms with Gasteiger partial charge in [0, 0.05) is 24.0 Å². The van der Waals surface area contributed by atoms with E-state index in [4.69, 9.17) is 0 Å². The second-order valence-corrected chi connectivity index (χ2v) is 5.47. The van der Waals surface area contributed by atoms with Crippen LogP contribution >= 0.6 is 11.3 Å². The molecule has 3 heterocycles. The molecule has 0 saturated heterocycles. The zero-order chi connectivity index (χ0) is 11.8. The summed E-state index contributed by atoms with van der Waals surface area (Å²) >= 11 is 1.77. The molecule has 0 aliphatic carbocycles. The third-order valence-electron chi connectivity index (χ3n) is 3.20. The van der Waals surface area contributed by atoms with Gasteiger partial charge in [0.2, 0.25) is 0 Å². The maximum Gasteiger partial charge on any atom is 0.104 e. The largest absolute Gasteiger partial charge is 0.393 e. The molecule has 2 atom stereocenters. The Bertz CT molecular complexity index is 515. The lowest BCUT2D eigenvalue weighted by molar-refractivity contribution is 0.167. The average molecular weight is 248 g/mol. The summed E-state index contributed by atoms with van der Waals surface area (Å²) < 4.78 is 2.24. The van der Waals surface area contributed by atoms with Crippen molar-refractivity contribution >= 4 is 11.3 Å². The standard InChI is InChI=1S/C13H16N2OS/c1-9(16)7-11-12-3-2-5-15(12)13-10(8-14-11)4-6-17-13/h2-6,9,11,14,16H,7-8H2,1H3. The molecule has 17 heavy (non-hydrogen) atoms. The van der Waals surface area contributed by atoms with Gasteiger partial charge >= 0.3 is 0 Å². The van der Waals surface area contributed by atoms with Crippen LogP contribution in [0.4, 0.5) is 0 Å². The van der Waals surface area contributed by atoms with Crippen LogP contribution in [0.3, 0.4) is 0 Å². The predicted molar refractivity (Wildman–Crippen MR) is 69.5 cm³/mol. The molecule has 0 spiro atoms. The quantitative estimate of drug-likeness (QED) is 0.856. The first-order chi connectivity index (χ1) is 8.25. The van der Waals surface area contributed by atoms with Crippen molar-refractivity contribution in [3.05, 3.63) is 41.0 Å². The SMILES string of the molecule is CC(O)CC1NCc2ccsc2-n2cccc21. The van der Waals surface area contributed by atoms with Crippen molar-refractivity contribution < 1.29 is 5.11 Å². The molecule has 0 saturated carbocycles. The fourth-order valence-corrected chi connectivity index (χ4v) is 3.35. The molecule has 3 nitrogen and oxygen atoms in total. The van der Waals surface area contributed by atoms with E-state index in [9.17, 15) is 5.11 Å². The number of rotatable bonds is 2. The van der Waals surface area contributed by atoms with E-state index in [1.807, 2.05) is 6.92 Å². The molecular weight excluding hydrogens is 232 g/mol. The first-order valence-corrected chi connectivity index (χ1v) is 6.79. The number of nitrogens with zero attached hydrogens (tertiary/aromatic N) is 1. The van der Waals surface area contributed by atoms with Crippen molar-refractivity contribution in [2.24, 2.45) is 0 Å². The minimum atomic E-state index is -0.285. The second-order valence-electron chi connectivity index (χ2n) is 4.57. The zero-order valence-corrected chi connectivity index (χ0v) is 10.6. The Labute approximate surface area is 105 Å². The van der Waals surface area contributed by atoms with Crippen molar-refractivity contribution in [3.63, 3.8) is 0 Å². The van der Waals surface area contributed by atoms with Gasteiger partial charge in [-0.3, -0.25) is 0 Å². The van der Waals surface area contributed by atoms with Crippen molar-refractivity contribution in [1.82, 2.24) is 9.88 Å². The average Bonchev–Trinajstić information content (AvgIpc) is 2.90. The highest BCUT2D eigenvalue weighted by molar-refractivity contribution is 7.12. The molecule has 90 valence electrons. The summed E-state index contributed by atoms with van der Waals surface area (Å²) in [5, 5.41) is 16.5. The van der Waals surface area contributed by atoms with E-state index in [1.165, 1.54) is 16.3 Å². The first-order valence-electron chi connectivity index (χ1n) is 5.91. The van der Waals surface area contributed by atoms with E-state index in [0.29, 0.717) is 0 Å². The summed E-state index contributed by atoms with van der Waals surface area (Å²) in [5.41, 5.74) is 2.58. The lowest BCUT2D eigenvalue weighted by Gasteiger charge is -2.18. The number of aromatic nitrogens is 1. The Morgan fingerprint density at radius 1 is 1.59 bits per heavy atom. The number of hydrogen-bond donors (Lipinski definition) is 2. The van der Waals surface area contributed by atoms with Gasteiger partial charge in [-0.2, -0.15) is 0 Å². The normalized spacial score (nSPS) is 20.5. The number of aliphatic hydroxyl groups excluding tert-OH is 1. The van der Waals surface area contributed by atoms with Crippen LogP contribution in [0.5, 0.6) is 0 Å². The molecule has 0 fully saturated rings. The van der Waals surface area contributed by atoms with Crippen molar-refractivity contribution in [2.45, 2.75) is 32.0 Å². The van der Waals surface area contributed by atoms with Crippen LogP contribution in [0.15, 0.2) is 29.8 Å². The van der Waals surface area contributed by atoms with Crippen molar-refractivity contribution in [3.8, 4) is 5.00 Å². The van der Waals surface area contributed by atoms with E-state index >= 15 is 0 Å². The number of fused-ring (bicyclic) bond motifs is 3. The van der Waals surface area contributed by atoms with Gasteiger partial charge in [-0.15, -0.1) is 11.3 Å². The van der Waals surface area contributed by atoms with Crippen LogP contribution in [0.1, 0.15) is 30.6 Å². The Morgan fingerprint density at radius 2 is 2.47 bits per heavy atom. The summed E-state index contributed by atoms with van der Waals surface area (Å²) in [6.07, 6.45) is 2.57. The highest BCUT2D eigenvalue weighted by Crippen LogP contribution is 2.31. The third kappa shape index (κ3) is 1.92. The van der Waals surface area contributed by atoms with Crippen LogP contribution in [0.2, 0.25) is 0 Å². The van der Waals surface area contributed by atoms with Gasteiger partial charge in [-0.05, 0) is 36.9 Å². The Kier molecular flexibility index (Phi) is 2.78. The fourth-order valence-electron chi connectivity index (χ4n) is 2.42. The third-order valence-corrected chi connectivity index (χ3v) is 4.15. The molecule has 0 aromatic carbocycles. The van der Waals surface area contributed by atoms with Gasteiger partial charge in [0.05, 0.1) is 12.1 Å². The van der Waals surface area contributed by atoms with E-state index < -0.39 is 0 Å². The Hall–Kier alpha value is -1.10. The van der Waals surface area contributed by atoms with Gasteiger partial charge in [0.15, 0.2) is 0 Å². The molecule has 2 aromatic rings. The van der Waals surface area contributed by atoms with Crippen LogP contribution in [-0.4, -0.2) is 15.8 Å². The second kappa shape index (κ2) is 4.29. The highest BCUT2D eigenvalue weighted by atomic mass is 32.1. The Balaban J connectivity index is 2.03. The minimum Gasteiger partial charge on any atom is -0.393 e. The van der Waals surface area contributed by atoms with Crippen LogP contribution in [0, 0.1) is 0 Å². The molecule has 2 N–H and O–H groups in total. The topological polar surface area (TPSA) is 37.2 Å². The number of aliphatic hydroxyl groups is 1. The van der Waals surface area contributed by atoms with Crippen molar-refractivity contribution in [1.29, 1.82) is 0 Å². The van der Waals surface area contributed by atoms with Gasteiger partial charge in [0.1, 0.15) is 5.00 Å². The molecule has 0 bridgehead atoms. The monoisotopic (exact) mass is 248 g/mol. The molecule has 2 aromatic heterocycles. The first kappa shape index (κ1) is 11.0. The summed E-state index contributed by atoms with van der Waals surface area (Å²) in [4.78, 5) is 0. The van der Waals surface area contributed by atoms with E-state index in [-0.39, 0.29) is 12.1 Å². The zero-order valence-electron chi connectivity index (χ0n) is 9.76. The number of hydrogen-bond acceptors (Lipinski definition) is 3. The fraction of sp³-hybridized carbons (Fsp3) is 0.385. The van der Waals surface area contributed by atoms with Crippen LogP contribution in [-0.2, 0) is 6.54 Å². The molecular formula is C13H16N2OS. The number of thiophene rings is 1. The molecule has 3 rings (SSSR count). The molecule has 0 amide bonds. The van der Waals surface area contributed by atoms with Gasteiger partial charge < -0.3 is 15.0 Å². The molecule has 0 radical (unpaired) electrons. The molecule has 1 aliphatic rings. The smallest absolute Gasteiger partial charge is 0.104 e. The van der Waals surface area contributed by atoms with Gasteiger partial charge in [-0.1, -0.05) is 0 Å². The van der Waals surface area contributed by atoms with Crippen molar-refractivity contribution in [2.75, 3.05) is 0 Å². The summed E-state index contributed by atoms with van der Waals surface area (Å²) in [7, 11) is 0. The van der Waals surface area contributed by atoms with E-state index in [2.05, 4.69) is 39.7 Å². The Morgan fingerprint density at radius 3 is 3.29 bits per heavy atom. The lowest BCUT2D eigenvalue weighted by atomic mass is 10.1. The van der Waals surface area contributed by atoms with Crippen LogP contribution < -0.4 is 5.32 Å². The molecule has 2 unspecified atom stereocenters. The number of nitrogens with one attached hydrogen (secondary N) is 1. The lowest BCUT2D eigenvalue weighted by Crippen LogP contribution is -2.23. The van der Waals surface area contributed by atoms with Gasteiger partial charge in [-0.25, -0.2) is 0 Å². The summed E-state index contributed by atoms with van der Waals surface area (Å²) in [6, 6.07) is 6.60. The van der Waals surface area contributed by atoms with Crippen LogP contribution in [0.25, 0.3) is 5.00 Å². The minimum absolute atomic E-state index is 0.226. The summed E-state index contributed by atoms with van der Waals surface area (Å²) in [5.74, 6) is 0. The molecule has 4 heteroatoms. The highest BCUT2D eigenvalue weighted by Gasteiger charge is 2.22. The predicted octanol–water partition coefficient (Wildman–Crippen LogP) is 2.45. The molecule has 1 aliphatic heterocycles. The van der Waals surface area contributed by atoms with E-state index in [0.717, 1.165) is 13.0 Å². The van der Waals surface area contributed by atoms with E-state index in [1.54, 1.807) is 11.3 Å².